The molecule has 2 aliphatic heterocycles. The van der Waals surface area contributed by atoms with E-state index < -0.39 is 22.0 Å². The van der Waals surface area contributed by atoms with E-state index >= 15 is 0 Å². The molecule has 0 unspecified atom stereocenters. The molecule has 2 heterocycles. The number of carbonyl (C=O) groups excluding carboxylic acids is 2. The van der Waals surface area contributed by atoms with Crippen LogP contribution in [0, 0.1) is 0 Å². The number of hydrogen-bond acceptors (Lipinski definition) is 6. The monoisotopic (exact) mass is 457 g/mol. The van der Waals surface area contributed by atoms with Gasteiger partial charge in [-0.1, -0.05) is 0 Å². The van der Waals surface area contributed by atoms with Crippen molar-refractivity contribution in [1.82, 2.24) is 9.21 Å². The highest BCUT2D eigenvalue weighted by Crippen LogP contribution is 2.33. The first-order valence-electron chi connectivity index (χ1n) is 10.6. The minimum atomic E-state index is -3.94. The normalized spacial score (nSPS) is 18.0. The van der Waals surface area contributed by atoms with Crippen molar-refractivity contribution in [3.05, 3.63) is 53.6 Å². The summed E-state index contributed by atoms with van der Waals surface area (Å²) in [6, 6.07) is 11.7. The Morgan fingerprint density at radius 1 is 1.00 bits per heavy atom. The van der Waals surface area contributed by atoms with Crippen LogP contribution in [0.5, 0.6) is 5.75 Å². The molecule has 9 heteroatoms. The van der Waals surface area contributed by atoms with Crippen molar-refractivity contribution < 1.29 is 22.7 Å². The van der Waals surface area contributed by atoms with Crippen molar-refractivity contribution >= 4 is 27.5 Å². The van der Waals surface area contributed by atoms with Crippen LogP contribution in [0.15, 0.2) is 47.4 Å². The summed E-state index contributed by atoms with van der Waals surface area (Å²) >= 11 is 0. The van der Waals surface area contributed by atoms with E-state index in [-0.39, 0.29) is 21.9 Å². The quantitative estimate of drug-likeness (QED) is 0.702. The Kier molecular flexibility index (Phi) is 5.85. The van der Waals surface area contributed by atoms with Gasteiger partial charge >= 0.3 is 0 Å². The van der Waals surface area contributed by atoms with Gasteiger partial charge in [0.15, 0.2) is 0 Å². The summed E-state index contributed by atoms with van der Waals surface area (Å²) < 4.78 is 31.8. The molecule has 1 fully saturated rings. The smallest absolute Gasteiger partial charge is 0.269 e. The number of nitrogens with zero attached hydrogens (tertiary/aromatic N) is 3. The number of ether oxygens (including phenoxy) is 1. The Hall–Kier alpha value is -3.07. The topological polar surface area (TPSA) is 87.2 Å². The van der Waals surface area contributed by atoms with Crippen LogP contribution >= 0.6 is 0 Å². The Morgan fingerprint density at radius 3 is 2.38 bits per heavy atom. The Labute approximate surface area is 188 Å². The number of sulfonamides is 1. The van der Waals surface area contributed by atoms with Gasteiger partial charge in [-0.2, -0.15) is 0 Å². The van der Waals surface area contributed by atoms with Crippen molar-refractivity contribution in [1.29, 1.82) is 0 Å². The largest absolute Gasteiger partial charge is 0.497 e. The van der Waals surface area contributed by atoms with E-state index in [0.29, 0.717) is 19.6 Å². The lowest BCUT2D eigenvalue weighted by atomic mass is 10.1. The second-order valence-corrected chi connectivity index (χ2v) is 10.0. The summed E-state index contributed by atoms with van der Waals surface area (Å²) in [6.45, 7) is 5.88. The number of anilines is 1. The zero-order valence-corrected chi connectivity index (χ0v) is 19.3. The number of amides is 2. The Bertz CT molecular complexity index is 1140. The van der Waals surface area contributed by atoms with Gasteiger partial charge in [0.05, 0.1) is 12.7 Å². The Morgan fingerprint density at radius 2 is 1.72 bits per heavy atom. The van der Waals surface area contributed by atoms with E-state index in [2.05, 4.69) is 4.90 Å². The van der Waals surface area contributed by atoms with Gasteiger partial charge in [-0.3, -0.25) is 9.59 Å². The summed E-state index contributed by atoms with van der Waals surface area (Å²) in [5.74, 6) is 0.0235. The first-order chi connectivity index (χ1) is 15.2. The number of methoxy groups -OCH3 is 1. The Balaban J connectivity index is 1.52. The van der Waals surface area contributed by atoms with Crippen LogP contribution in [0.2, 0.25) is 0 Å². The van der Waals surface area contributed by atoms with Gasteiger partial charge in [-0.15, -0.1) is 0 Å². The zero-order chi connectivity index (χ0) is 23.0. The van der Waals surface area contributed by atoms with Gasteiger partial charge in [0.2, 0.25) is 0 Å². The molecule has 32 heavy (non-hydrogen) atoms. The molecule has 0 spiro atoms. The van der Waals surface area contributed by atoms with E-state index in [0.717, 1.165) is 28.7 Å². The number of benzene rings is 2. The maximum absolute atomic E-state index is 13.2. The fraction of sp³-hybridized carbons (Fsp3) is 0.391. The van der Waals surface area contributed by atoms with Crippen LogP contribution in [0.3, 0.4) is 0 Å². The third-order valence-corrected chi connectivity index (χ3v) is 7.88. The molecule has 170 valence electrons. The second kappa shape index (κ2) is 8.46. The van der Waals surface area contributed by atoms with E-state index in [1.807, 2.05) is 24.3 Å². The van der Waals surface area contributed by atoms with Crippen LogP contribution in [0.1, 0.15) is 41.0 Å². The number of fused-ring (bicyclic) bond motifs is 1. The predicted octanol–water partition coefficient (Wildman–Crippen LogP) is 2.60. The van der Waals surface area contributed by atoms with E-state index in [4.69, 9.17) is 4.74 Å². The van der Waals surface area contributed by atoms with Crippen molar-refractivity contribution in [2.75, 3.05) is 38.2 Å². The van der Waals surface area contributed by atoms with Crippen LogP contribution in [0.4, 0.5) is 5.69 Å². The molecule has 8 nitrogen and oxygen atoms in total. The molecule has 0 saturated carbocycles. The SMILES string of the molecule is COc1ccc(N2CCCN(C(=O)c3ccc4c(c3)S(=O)(=O)N(C(C)C)C4=O)CC2)cc1. The number of carbonyl (C=O) groups is 2. The molecule has 2 aromatic carbocycles. The van der Waals surface area contributed by atoms with Crippen LogP contribution < -0.4 is 9.64 Å². The molecule has 0 aromatic heterocycles. The van der Waals surface area contributed by atoms with Gasteiger partial charge in [0.1, 0.15) is 10.6 Å². The first kappa shape index (κ1) is 22.1. The molecule has 0 atom stereocenters. The lowest BCUT2D eigenvalue weighted by Crippen LogP contribution is -2.36. The van der Waals surface area contributed by atoms with Gasteiger partial charge in [0, 0.05) is 43.5 Å². The average molecular weight is 458 g/mol. The molecule has 2 aliphatic rings. The maximum Gasteiger partial charge on any atom is 0.269 e. The van der Waals surface area contributed by atoms with Gasteiger partial charge in [-0.25, -0.2) is 12.7 Å². The summed E-state index contributed by atoms with van der Waals surface area (Å²) in [5.41, 5.74) is 1.47. The molecule has 0 radical (unpaired) electrons. The summed E-state index contributed by atoms with van der Waals surface area (Å²) in [6.07, 6.45) is 0.792. The van der Waals surface area contributed by atoms with Gasteiger partial charge in [-0.05, 0) is 62.7 Å². The van der Waals surface area contributed by atoms with E-state index in [9.17, 15) is 18.0 Å². The molecule has 2 aromatic rings. The van der Waals surface area contributed by atoms with Gasteiger partial charge < -0.3 is 14.5 Å². The average Bonchev–Trinajstić information content (AvgIpc) is 2.94. The third kappa shape index (κ3) is 3.81. The maximum atomic E-state index is 13.2. The highest BCUT2D eigenvalue weighted by molar-refractivity contribution is 7.90. The fourth-order valence-corrected chi connectivity index (χ4v) is 6.04. The molecular formula is C23H27N3O5S. The second-order valence-electron chi connectivity index (χ2n) is 8.24. The lowest BCUT2D eigenvalue weighted by Gasteiger charge is -2.24. The van der Waals surface area contributed by atoms with Crippen LogP contribution in [0.25, 0.3) is 0 Å². The molecule has 4 rings (SSSR count). The fourth-order valence-electron chi connectivity index (χ4n) is 4.25. The lowest BCUT2D eigenvalue weighted by molar-refractivity contribution is 0.0765. The molecule has 0 bridgehead atoms. The zero-order valence-electron chi connectivity index (χ0n) is 18.4. The van der Waals surface area contributed by atoms with Crippen LogP contribution in [-0.2, 0) is 10.0 Å². The summed E-state index contributed by atoms with van der Waals surface area (Å²) in [7, 11) is -2.31. The predicted molar refractivity (Wildman–Crippen MR) is 121 cm³/mol. The van der Waals surface area contributed by atoms with Crippen molar-refractivity contribution in [2.24, 2.45) is 0 Å². The molecular weight excluding hydrogens is 430 g/mol. The van der Waals surface area contributed by atoms with Gasteiger partial charge in [0.25, 0.3) is 21.8 Å². The standard InChI is InChI=1S/C23H27N3O5S/c1-16(2)26-23(28)20-10-5-17(15-21(20)32(26,29)30)22(27)25-12-4-11-24(13-14-25)18-6-8-19(31-3)9-7-18/h5-10,15-16H,4,11-14H2,1-3H3. The molecule has 0 aliphatic carbocycles. The number of rotatable bonds is 4. The van der Waals surface area contributed by atoms with Crippen molar-refractivity contribution in [3.8, 4) is 5.75 Å². The highest BCUT2D eigenvalue weighted by Gasteiger charge is 2.43. The first-order valence-corrected chi connectivity index (χ1v) is 12.1. The minimum absolute atomic E-state index is 0.0864. The molecule has 2 amide bonds. The van der Waals surface area contributed by atoms with Crippen molar-refractivity contribution in [2.45, 2.75) is 31.2 Å². The summed E-state index contributed by atoms with van der Waals surface area (Å²) in [4.78, 5) is 29.6. The third-order valence-electron chi connectivity index (χ3n) is 5.89. The highest BCUT2D eigenvalue weighted by atomic mass is 32.2. The summed E-state index contributed by atoms with van der Waals surface area (Å²) in [5, 5.41) is 0. The molecule has 0 N–H and O–H groups in total. The number of hydrogen-bond donors (Lipinski definition) is 0. The van der Waals surface area contributed by atoms with E-state index in [1.165, 1.54) is 12.1 Å². The van der Waals surface area contributed by atoms with E-state index in [1.54, 1.807) is 31.9 Å². The molecule has 1 saturated heterocycles. The minimum Gasteiger partial charge on any atom is -0.497 e. The van der Waals surface area contributed by atoms with Crippen molar-refractivity contribution in [3.63, 3.8) is 0 Å². The van der Waals surface area contributed by atoms with Crippen LogP contribution in [-0.4, -0.2) is 68.8 Å².